The molecule has 170 valence electrons. The molecule has 3 rings (SSSR count). The van der Waals surface area contributed by atoms with Gasteiger partial charge in [-0.2, -0.15) is 5.26 Å². The number of halogens is 1. The Morgan fingerprint density at radius 3 is 2.72 bits per heavy atom. The third kappa shape index (κ3) is 4.92. The Kier molecular flexibility index (Phi) is 6.86. The average Bonchev–Trinajstić information content (AvgIpc) is 2.97. The van der Waals surface area contributed by atoms with E-state index in [-0.39, 0.29) is 17.6 Å². The zero-order valence-electron chi connectivity index (χ0n) is 18.8. The second-order valence-corrected chi connectivity index (χ2v) is 10.5. The summed E-state index contributed by atoms with van der Waals surface area (Å²) >= 11 is 0. The number of aryl methyl sites for hydroxylation is 1. The number of fused-ring (bicyclic) bond motifs is 1. The normalized spacial score (nSPS) is 20.0. The van der Waals surface area contributed by atoms with Crippen molar-refractivity contribution in [2.24, 2.45) is 17.3 Å². The van der Waals surface area contributed by atoms with Crippen molar-refractivity contribution in [1.29, 1.82) is 5.26 Å². The number of rotatable bonds is 5. The van der Waals surface area contributed by atoms with Gasteiger partial charge >= 0.3 is 0 Å². The van der Waals surface area contributed by atoms with Crippen molar-refractivity contribution in [3.8, 4) is 6.07 Å². The summed E-state index contributed by atoms with van der Waals surface area (Å²) in [6.45, 7) is 7.90. The number of nitriles is 1. The number of nitrogens with zero attached hydrogens (tertiary/aromatic N) is 3. The largest absolute Gasteiger partial charge is 0.345 e. The molecular formula is C23H28FN5O2S. The van der Waals surface area contributed by atoms with Gasteiger partial charge in [0, 0.05) is 30.5 Å². The van der Waals surface area contributed by atoms with E-state index in [1.54, 1.807) is 23.9 Å². The molecule has 2 aromatic rings. The third-order valence-electron chi connectivity index (χ3n) is 4.93. The van der Waals surface area contributed by atoms with E-state index in [4.69, 9.17) is 5.26 Å². The van der Waals surface area contributed by atoms with E-state index in [1.165, 1.54) is 12.1 Å². The Hall–Kier alpha value is -2.96. The van der Waals surface area contributed by atoms with Crippen LogP contribution < -0.4 is 10.0 Å². The van der Waals surface area contributed by atoms with Crippen LogP contribution in [-0.4, -0.2) is 26.8 Å². The summed E-state index contributed by atoms with van der Waals surface area (Å²) in [6, 6.07) is 5.23. The lowest BCUT2D eigenvalue weighted by Gasteiger charge is -2.19. The molecule has 1 aromatic carbocycles. The molecule has 7 nitrogen and oxygen atoms in total. The predicted octanol–water partition coefficient (Wildman–Crippen LogP) is 4.47. The molecule has 2 N–H and O–H groups in total. The summed E-state index contributed by atoms with van der Waals surface area (Å²) in [5.74, 6) is -0.736. The summed E-state index contributed by atoms with van der Waals surface area (Å²) in [5.41, 5.74) is 0.968. The minimum atomic E-state index is -2.99. The number of hydrogen-bond acceptors (Lipinski definition) is 4. The minimum Gasteiger partial charge on any atom is -0.345 e. The van der Waals surface area contributed by atoms with Gasteiger partial charge in [-0.1, -0.05) is 26.0 Å². The Morgan fingerprint density at radius 2 is 2.09 bits per heavy atom. The molecule has 0 radical (unpaired) electrons. The van der Waals surface area contributed by atoms with Crippen molar-refractivity contribution in [2.75, 3.05) is 5.32 Å². The van der Waals surface area contributed by atoms with Gasteiger partial charge in [0.15, 0.2) is 0 Å². The molecule has 0 fully saturated rings. The average molecular weight is 458 g/mol. The maximum Gasteiger partial charge on any atom is 0.272 e. The molecule has 0 saturated heterocycles. The molecule has 1 amide bonds. The highest BCUT2D eigenvalue weighted by Gasteiger charge is 2.30. The van der Waals surface area contributed by atoms with Gasteiger partial charge in [-0.05, 0) is 44.4 Å². The van der Waals surface area contributed by atoms with Crippen LogP contribution in [-0.2, 0) is 17.0 Å². The number of carbonyl (C=O) groups excluding carboxylic acids is 1. The Labute approximate surface area is 188 Å². The Balaban J connectivity index is 2.08. The fourth-order valence-electron chi connectivity index (χ4n) is 3.70. The van der Waals surface area contributed by atoms with Crippen LogP contribution in [0.5, 0.6) is 0 Å². The van der Waals surface area contributed by atoms with Crippen LogP contribution in [0.3, 0.4) is 0 Å². The van der Waals surface area contributed by atoms with E-state index >= 15 is 0 Å². The van der Waals surface area contributed by atoms with E-state index in [1.807, 2.05) is 26.0 Å². The first-order chi connectivity index (χ1) is 15.0. The topological polar surface area (TPSA) is 99.3 Å². The van der Waals surface area contributed by atoms with E-state index in [0.29, 0.717) is 27.8 Å². The van der Waals surface area contributed by atoms with Crippen LogP contribution in [0.25, 0.3) is 6.08 Å². The van der Waals surface area contributed by atoms with Gasteiger partial charge in [0.1, 0.15) is 27.5 Å². The summed E-state index contributed by atoms with van der Waals surface area (Å²) in [5, 5.41) is 11.8. The first-order valence-corrected chi connectivity index (χ1v) is 12.0. The molecule has 1 aromatic heterocycles. The summed E-state index contributed by atoms with van der Waals surface area (Å²) in [7, 11) is -1.29. The molecule has 1 aliphatic heterocycles. The summed E-state index contributed by atoms with van der Waals surface area (Å²) < 4.78 is 36.9. The van der Waals surface area contributed by atoms with Crippen LogP contribution in [0.2, 0.25) is 0 Å². The summed E-state index contributed by atoms with van der Waals surface area (Å²) in [6.07, 6.45) is 6.17. The van der Waals surface area contributed by atoms with Crippen molar-refractivity contribution in [1.82, 2.24) is 9.29 Å². The number of nitrogens with one attached hydrogen (secondary N) is 2. The molecule has 1 aliphatic rings. The standard InChI is InChI=1S/C23H28FN5O2S/c1-14(2)10-18-6-8-19-21(32(31,28-18)27-15(3)4)13-29(5)22(19)23(30)26-17-7-9-20(24)16(11-17)12-25/h6-9,11,13-15,18H,10H2,1-5H3,(H,26,30)(H,27,28,31)/t18-,32?/m1/s1. The molecule has 0 aliphatic carbocycles. The lowest BCUT2D eigenvalue weighted by atomic mass is 10.0. The number of aromatic nitrogens is 1. The third-order valence-corrected chi connectivity index (χ3v) is 7.20. The molecule has 1 unspecified atom stereocenters. The second kappa shape index (κ2) is 9.27. The number of amides is 1. The number of benzene rings is 1. The first-order valence-electron chi connectivity index (χ1n) is 10.5. The monoisotopic (exact) mass is 457 g/mol. The Bertz CT molecular complexity index is 1230. The number of anilines is 1. The van der Waals surface area contributed by atoms with Gasteiger partial charge in [0.05, 0.1) is 16.5 Å². The Morgan fingerprint density at radius 1 is 1.38 bits per heavy atom. The SMILES string of the molecule is CC(C)C[C@H]1C=Cc2c(cn(C)c2C(=O)Nc2ccc(F)c(C#N)c2)S(=O)(=NC(C)C)N1. The first kappa shape index (κ1) is 23.7. The van der Waals surface area contributed by atoms with Gasteiger partial charge in [0.2, 0.25) is 0 Å². The van der Waals surface area contributed by atoms with Gasteiger partial charge < -0.3 is 9.88 Å². The van der Waals surface area contributed by atoms with Gasteiger partial charge in [-0.15, -0.1) is 0 Å². The van der Waals surface area contributed by atoms with Crippen molar-refractivity contribution >= 4 is 27.6 Å². The van der Waals surface area contributed by atoms with Crippen molar-refractivity contribution in [3.63, 3.8) is 0 Å². The zero-order valence-corrected chi connectivity index (χ0v) is 19.7. The zero-order chi connectivity index (χ0) is 23.6. The second-order valence-electron chi connectivity index (χ2n) is 8.57. The fraction of sp³-hybridized carbons (Fsp3) is 0.391. The lowest BCUT2D eigenvalue weighted by Crippen LogP contribution is -2.34. The number of carbonyl (C=O) groups is 1. The quantitative estimate of drug-likeness (QED) is 0.693. The number of hydrogen-bond donors (Lipinski definition) is 2. The highest BCUT2D eigenvalue weighted by Crippen LogP contribution is 2.30. The van der Waals surface area contributed by atoms with E-state index < -0.39 is 21.6 Å². The van der Waals surface area contributed by atoms with Crippen LogP contribution in [0, 0.1) is 23.1 Å². The minimum absolute atomic E-state index is 0.158. The molecule has 0 spiro atoms. The van der Waals surface area contributed by atoms with Crippen molar-refractivity contribution in [3.05, 3.63) is 53.1 Å². The predicted molar refractivity (Wildman–Crippen MR) is 124 cm³/mol. The van der Waals surface area contributed by atoms with Crippen LogP contribution in [0.4, 0.5) is 10.1 Å². The molecule has 0 saturated carbocycles. The van der Waals surface area contributed by atoms with E-state index in [0.717, 1.165) is 12.5 Å². The van der Waals surface area contributed by atoms with Crippen molar-refractivity contribution in [2.45, 2.75) is 51.1 Å². The van der Waals surface area contributed by atoms with Gasteiger partial charge in [-0.25, -0.2) is 17.7 Å². The maximum atomic E-state index is 14.0. The van der Waals surface area contributed by atoms with Gasteiger partial charge in [0.25, 0.3) is 5.91 Å². The van der Waals surface area contributed by atoms with Crippen LogP contribution in [0.1, 0.15) is 55.7 Å². The van der Waals surface area contributed by atoms with Crippen LogP contribution >= 0.6 is 0 Å². The fourth-order valence-corrected chi connectivity index (χ4v) is 5.94. The highest BCUT2D eigenvalue weighted by molar-refractivity contribution is 7.91. The molecule has 32 heavy (non-hydrogen) atoms. The summed E-state index contributed by atoms with van der Waals surface area (Å²) in [4.78, 5) is 13.6. The molecular weight excluding hydrogens is 429 g/mol. The van der Waals surface area contributed by atoms with Crippen LogP contribution in [0.15, 0.2) is 39.7 Å². The molecule has 2 heterocycles. The molecule has 9 heteroatoms. The molecule has 0 bridgehead atoms. The molecule has 2 atom stereocenters. The smallest absolute Gasteiger partial charge is 0.272 e. The lowest BCUT2D eigenvalue weighted by molar-refractivity contribution is 0.101. The maximum absolute atomic E-state index is 14.0. The highest BCUT2D eigenvalue weighted by atomic mass is 32.2. The van der Waals surface area contributed by atoms with E-state index in [2.05, 4.69) is 28.2 Å². The van der Waals surface area contributed by atoms with Gasteiger partial charge in [-0.3, -0.25) is 4.79 Å². The van der Waals surface area contributed by atoms with Crippen molar-refractivity contribution < 1.29 is 13.4 Å². The van der Waals surface area contributed by atoms with E-state index in [9.17, 15) is 13.4 Å².